The van der Waals surface area contributed by atoms with Crippen LogP contribution >= 0.6 is 0 Å². The van der Waals surface area contributed by atoms with Gasteiger partial charge in [-0.25, -0.2) is 4.79 Å². The Kier molecular flexibility index (Phi) is 2.35. The molecule has 0 radical (unpaired) electrons. The predicted molar refractivity (Wildman–Crippen MR) is 60.6 cm³/mol. The molecule has 16 heavy (non-hydrogen) atoms. The van der Waals surface area contributed by atoms with Crippen LogP contribution in [0.4, 0.5) is 5.95 Å². The van der Waals surface area contributed by atoms with Gasteiger partial charge in [-0.2, -0.15) is 4.98 Å². The molecule has 2 aromatic rings. The lowest BCUT2D eigenvalue weighted by Gasteiger charge is -1.95. The zero-order chi connectivity index (χ0) is 11.7. The van der Waals surface area contributed by atoms with Crippen molar-refractivity contribution < 1.29 is 0 Å². The van der Waals surface area contributed by atoms with Crippen molar-refractivity contribution in [3.8, 4) is 0 Å². The number of aromatic amines is 2. The van der Waals surface area contributed by atoms with Crippen LogP contribution in [0.25, 0.3) is 11.2 Å². The molecule has 7 nitrogen and oxygen atoms in total. The second-order valence-electron chi connectivity index (χ2n) is 3.27. The van der Waals surface area contributed by atoms with Crippen LogP contribution in [-0.4, -0.2) is 26.1 Å². The van der Waals surface area contributed by atoms with Gasteiger partial charge in [-0.05, 0) is 0 Å². The van der Waals surface area contributed by atoms with E-state index in [0.29, 0.717) is 18.1 Å². The van der Waals surface area contributed by atoms with E-state index in [1.165, 1.54) is 4.57 Å². The number of hydrogen-bond acceptors (Lipinski definition) is 4. The molecule has 0 atom stereocenters. The summed E-state index contributed by atoms with van der Waals surface area (Å²) in [6, 6.07) is 0. The molecule has 0 spiro atoms. The van der Waals surface area contributed by atoms with Gasteiger partial charge in [-0.1, -0.05) is 6.08 Å². The number of nitrogens with one attached hydrogen (secondary N) is 3. The van der Waals surface area contributed by atoms with E-state index in [-0.39, 0.29) is 5.52 Å². The van der Waals surface area contributed by atoms with E-state index in [4.69, 9.17) is 0 Å². The highest BCUT2D eigenvalue weighted by molar-refractivity contribution is 5.72. The summed E-state index contributed by atoms with van der Waals surface area (Å²) < 4.78 is 1.27. The van der Waals surface area contributed by atoms with Crippen molar-refractivity contribution in [1.82, 2.24) is 19.5 Å². The van der Waals surface area contributed by atoms with Gasteiger partial charge in [0.1, 0.15) is 0 Å². The summed E-state index contributed by atoms with van der Waals surface area (Å²) in [6.45, 7) is 4.07. The molecule has 0 fully saturated rings. The molecule has 0 unspecified atom stereocenters. The normalized spacial score (nSPS) is 10.6. The van der Waals surface area contributed by atoms with E-state index in [0.717, 1.165) is 0 Å². The summed E-state index contributed by atoms with van der Waals surface area (Å²) in [6.07, 6.45) is 1.66. The van der Waals surface area contributed by atoms with Crippen molar-refractivity contribution in [1.29, 1.82) is 0 Å². The first kappa shape index (κ1) is 10.2. The molecule has 0 aliphatic rings. The molecule has 0 amide bonds. The van der Waals surface area contributed by atoms with Gasteiger partial charge in [0.25, 0.3) is 5.56 Å². The first-order valence-corrected chi connectivity index (χ1v) is 4.67. The quantitative estimate of drug-likeness (QED) is 0.611. The maximum atomic E-state index is 11.5. The summed E-state index contributed by atoms with van der Waals surface area (Å²) in [5, 5.41) is 2.90. The van der Waals surface area contributed by atoms with Crippen molar-refractivity contribution >= 4 is 17.1 Å². The SMILES string of the molecule is C=CCNc1nc2c([nH]1)c(=O)[nH]c(=O)n2C. The van der Waals surface area contributed by atoms with Crippen LogP contribution in [0.15, 0.2) is 22.2 Å². The van der Waals surface area contributed by atoms with E-state index in [1.807, 2.05) is 0 Å². The van der Waals surface area contributed by atoms with E-state index in [2.05, 4.69) is 26.8 Å². The van der Waals surface area contributed by atoms with Crippen LogP contribution in [0, 0.1) is 0 Å². The van der Waals surface area contributed by atoms with E-state index < -0.39 is 11.2 Å². The number of aromatic nitrogens is 4. The Morgan fingerprint density at radius 1 is 1.50 bits per heavy atom. The minimum atomic E-state index is -0.487. The number of anilines is 1. The molecule has 2 heterocycles. The van der Waals surface area contributed by atoms with Gasteiger partial charge in [0.05, 0.1) is 0 Å². The maximum Gasteiger partial charge on any atom is 0.329 e. The Balaban J connectivity index is 2.65. The monoisotopic (exact) mass is 221 g/mol. The smallest absolute Gasteiger partial charge is 0.329 e. The number of nitrogens with zero attached hydrogens (tertiary/aromatic N) is 2. The number of H-pyrrole nitrogens is 2. The molecule has 0 aliphatic heterocycles. The Hall–Kier alpha value is -2.31. The zero-order valence-corrected chi connectivity index (χ0v) is 8.70. The minimum absolute atomic E-state index is 0.272. The first-order chi connectivity index (χ1) is 7.63. The fourth-order valence-corrected chi connectivity index (χ4v) is 1.36. The molecule has 0 saturated heterocycles. The summed E-state index contributed by atoms with van der Waals surface area (Å²) in [7, 11) is 1.54. The largest absolute Gasteiger partial charge is 0.352 e. The average Bonchev–Trinajstić information content (AvgIpc) is 2.68. The van der Waals surface area contributed by atoms with Crippen molar-refractivity contribution in [2.45, 2.75) is 0 Å². The van der Waals surface area contributed by atoms with E-state index in [9.17, 15) is 9.59 Å². The summed E-state index contributed by atoms with van der Waals surface area (Å²) in [5.41, 5.74) is -0.370. The third-order valence-corrected chi connectivity index (χ3v) is 2.17. The van der Waals surface area contributed by atoms with Crippen LogP contribution in [0.2, 0.25) is 0 Å². The van der Waals surface area contributed by atoms with Crippen molar-refractivity contribution in [3.63, 3.8) is 0 Å². The lowest BCUT2D eigenvalue weighted by molar-refractivity contribution is 0.832. The molecule has 0 saturated carbocycles. The number of imidazole rings is 1. The number of fused-ring (bicyclic) bond motifs is 1. The molecule has 0 bridgehead atoms. The Morgan fingerprint density at radius 2 is 2.25 bits per heavy atom. The lowest BCUT2D eigenvalue weighted by atomic mass is 10.5. The molecule has 7 heteroatoms. The number of rotatable bonds is 3. The number of aryl methyl sites for hydroxylation is 1. The third-order valence-electron chi connectivity index (χ3n) is 2.17. The van der Waals surface area contributed by atoms with E-state index >= 15 is 0 Å². The minimum Gasteiger partial charge on any atom is -0.352 e. The fourth-order valence-electron chi connectivity index (χ4n) is 1.36. The van der Waals surface area contributed by atoms with E-state index in [1.54, 1.807) is 13.1 Å². The molecule has 3 N–H and O–H groups in total. The van der Waals surface area contributed by atoms with Gasteiger partial charge in [-0.3, -0.25) is 14.3 Å². The highest BCUT2D eigenvalue weighted by Gasteiger charge is 2.09. The van der Waals surface area contributed by atoms with Gasteiger partial charge >= 0.3 is 5.69 Å². The second kappa shape index (κ2) is 3.69. The Morgan fingerprint density at radius 3 is 2.94 bits per heavy atom. The fraction of sp³-hybridized carbons (Fsp3) is 0.222. The summed E-state index contributed by atoms with van der Waals surface area (Å²) >= 11 is 0. The van der Waals surface area contributed by atoms with Crippen LogP contribution < -0.4 is 16.6 Å². The number of hydrogen-bond donors (Lipinski definition) is 3. The standard InChI is InChI=1S/C9H11N5O2/c1-3-4-10-8-11-5-6(12-8)14(2)9(16)13-7(5)15/h3H,1,4H2,2H3,(H2,10,11,12)(H,13,15,16). The first-order valence-electron chi connectivity index (χ1n) is 4.67. The van der Waals surface area contributed by atoms with Crippen LogP contribution in [0.1, 0.15) is 0 Å². The summed E-state index contributed by atoms with van der Waals surface area (Å²) in [4.78, 5) is 31.8. The average molecular weight is 221 g/mol. The highest BCUT2D eigenvalue weighted by Crippen LogP contribution is 2.06. The van der Waals surface area contributed by atoms with Gasteiger partial charge in [0.2, 0.25) is 5.95 Å². The molecular weight excluding hydrogens is 210 g/mol. The van der Waals surface area contributed by atoms with Crippen molar-refractivity contribution in [2.75, 3.05) is 11.9 Å². The predicted octanol–water partition coefficient (Wildman–Crippen LogP) is -0.452. The van der Waals surface area contributed by atoms with Gasteiger partial charge in [0, 0.05) is 13.6 Å². The van der Waals surface area contributed by atoms with Crippen LogP contribution in [-0.2, 0) is 7.05 Å². The Bertz CT molecular complexity index is 648. The maximum absolute atomic E-state index is 11.5. The molecular formula is C9H11N5O2. The Labute approximate surface area is 89.8 Å². The third kappa shape index (κ3) is 1.52. The van der Waals surface area contributed by atoms with Gasteiger partial charge in [-0.15, -0.1) is 6.58 Å². The van der Waals surface area contributed by atoms with Crippen LogP contribution in [0.5, 0.6) is 0 Å². The second-order valence-corrected chi connectivity index (χ2v) is 3.27. The summed E-state index contributed by atoms with van der Waals surface area (Å²) in [5.74, 6) is 0.432. The zero-order valence-electron chi connectivity index (χ0n) is 8.70. The molecule has 0 aliphatic carbocycles. The van der Waals surface area contributed by atoms with Crippen LogP contribution in [0.3, 0.4) is 0 Å². The topological polar surface area (TPSA) is 95.6 Å². The van der Waals surface area contributed by atoms with Crippen molar-refractivity contribution in [2.24, 2.45) is 7.05 Å². The lowest BCUT2D eigenvalue weighted by Crippen LogP contribution is -2.28. The highest BCUT2D eigenvalue weighted by atomic mass is 16.2. The van der Waals surface area contributed by atoms with Crippen molar-refractivity contribution in [3.05, 3.63) is 33.5 Å². The molecule has 84 valence electrons. The van der Waals surface area contributed by atoms with Gasteiger partial charge in [0.15, 0.2) is 11.2 Å². The van der Waals surface area contributed by atoms with Gasteiger partial charge < -0.3 is 10.3 Å². The molecule has 2 aromatic heterocycles. The molecule has 0 aromatic carbocycles. The molecule has 2 rings (SSSR count).